The van der Waals surface area contributed by atoms with Crippen LogP contribution in [0, 0.1) is 0 Å². The van der Waals surface area contributed by atoms with Crippen molar-refractivity contribution >= 4 is 6.09 Å². The van der Waals surface area contributed by atoms with Crippen LogP contribution >= 0.6 is 0 Å². The van der Waals surface area contributed by atoms with Gasteiger partial charge in [0.1, 0.15) is 5.60 Å². The average molecular weight is 215 g/mol. The standard InChI is InChI=1S/C11H21NO3/c1-5-6-7-9(8-13)12-10(14)15-11(2,3)4/h5-6,9,13H,7-8H2,1-4H3,(H,12,14)/b6-5-/t9-/m1/s1. The zero-order valence-electron chi connectivity index (χ0n) is 9.91. The fourth-order valence-corrected chi connectivity index (χ4v) is 0.954. The van der Waals surface area contributed by atoms with Crippen LogP contribution in [-0.2, 0) is 4.74 Å². The Morgan fingerprint density at radius 1 is 1.53 bits per heavy atom. The van der Waals surface area contributed by atoms with E-state index in [9.17, 15) is 4.79 Å². The van der Waals surface area contributed by atoms with Gasteiger partial charge in [-0.3, -0.25) is 0 Å². The molecule has 0 spiro atoms. The van der Waals surface area contributed by atoms with E-state index in [1.807, 2.05) is 19.1 Å². The number of carbonyl (C=O) groups is 1. The highest BCUT2D eigenvalue weighted by atomic mass is 16.6. The molecule has 88 valence electrons. The van der Waals surface area contributed by atoms with Crippen molar-refractivity contribution in [2.75, 3.05) is 6.61 Å². The number of alkyl carbamates (subject to hydrolysis) is 1. The molecule has 15 heavy (non-hydrogen) atoms. The van der Waals surface area contributed by atoms with Crippen molar-refractivity contribution in [1.29, 1.82) is 0 Å². The van der Waals surface area contributed by atoms with E-state index in [4.69, 9.17) is 9.84 Å². The lowest BCUT2D eigenvalue weighted by atomic mass is 10.2. The summed E-state index contributed by atoms with van der Waals surface area (Å²) in [4.78, 5) is 11.3. The smallest absolute Gasteiger partial charge is 0.407 e. The minimum absolute atomic E-state index is 0.0937. The molecular weight excluding hydrogens is 194 g/mol. The molecule has 0 unspecified atom stereocenters. The maximum absolute atomic E-state index is 11.3. The Morgan fingerprint density at radius 3 is 2.53 bits per heavy atom. The highest BCUT2D eigenvalue weighted by molar-refractivity contribution is 5.68. The zero-order valence-corrected chi connectivity index (χ0v) is 9.91. The van der Waals surface area contributed by atoms with Gasteiger partial charge >= 0.3 is 6.09 Å². The molecule has 0 radical (unpaired) electrons. The van der Waals surface area contributed by atoms with E-state index in [-0.39, 0.29) is 12.6 Å². The minimum Gasteiger partial charge on any atom is -0.444 e. The van der Waals surface area contributed by atoms with Gasteiger partial charge in [-0.2, -0.15) is 0 Å². The number of carbonyl (C=O) groups excluding carboxylic acids is 1. The topological polar surface area (TPSA) is 58.6 Å². The van der Waals surface area contributed by atoms with Crippen LogP contribution < -0.4 is 5.32 Å². The first-order chi connectivity index (χ1) is 6.89. The second-order valence-electron chi connectivity index (χ2n) is 4.33. The Labute approximate surface area is 91.3 Å². The Hall–Kier alpha value is -1.03. The molecule has 0 saturated carbocycles. The highest BCUT2D eigenvalue weighted by Gasteiger charge is 2.18. The van der Waals surface area contributed by atoms with Gasteiger partial charge in [-0.1, -0.05) is 12.2 Å². The van der Waals surface area contributed by atoms with Crippen LogP contribution in [0.5, 0.6) is 0 Å². The van der Waals surface area contributed by atoms with Gasteiger partial charge in [0, 0.05) is 0 Å². The summed E-state index contributed by atoms with van der Waals surface area (Å²) in [5, 5.41) is 11.6. The van der Waals surface area contributed by atoms with E-state index in [0.29, 0.717) is 6.42 Å². The number of amides is 1. The summed E-state index contributed by atoms with van der Waals surface area (Å²) in [5.74, 6) is 0. The van der Waals surface area contributed by atoms with Crippen LogP contribution in [0.15, 0.2) is 12.2 Å². The summed E-state index contributed by atoms with van der Waals surface area (Å²) >= 11 is 0. The first-order valence-corrected chi connectivity index (χ1v) is 5.10. The van der Waals surface area contributed by atoms with Gasteiger partial charge in [-0.05, 0) is 34.1 Å². The lowest BCUT2D eigenvalue weighted by molar-refractivity contribution is 0.0483. The van der Waals surface area contributed by atoms with Crippen LogP contribution in [-0.4, -0.2) is 29.4 Å². The molecule has 4 nitrogen and oxygen atoms in total. The second kappa shape index (κ2) is 6.45. The molecular formula is C11H21NO3. The van der Waals surface area contributed by atoms with E-state index < -0.39 is 11.7 Å². The average Bonchev–Trinajstić information content (AvgIpc) is 2.09. The molecule has 2 N–H and O–H groups in total. The van der Waals surface area contributed by atoms with Crippen LogP contribution in [0.4, 0.5) is 4.79 Å². The van der Waals surface area contributed by atoms with E-state index in [0.717, 1.165) is 0 Å². The van der Waals surface area contributed by atoms with Crippen molar-refractivity contribution in [3.05, 3.63) is 12.2 Å². The Morgan fingerprint density at radius 2 is 2.13 bits per heavy atom. The zero-order chi connectivity index (χ0) is 11.9. The fraction of sp³-hybridized carbons (Fsp3) is 0.727. The number of allylic oxidation sites excluding steroid dienone is 1. The Balaban J connectivity index is 4.01. The van der Waals surface area contributed by atoms with Crippen molar-refractivity contribution < 1.29 is 14.6 Å². The Kier molecular flexibility index (Phi) is 6.01. The van der Waals surface area contributed by atoms with E-state index >= 15 is 0 Å². The molecule has 0 aromatic heterocycles. The third-order valence-corrected chi connectivity index (χ3v) is 1.60. The van der Waals surface area contributed by atoms with E-state index in [2.05, 4.69) is 5.32 Å². The second-order valence-corrected chi connectivity index (χ2v) is 4.33. The molecule has 0 rings (SSSR count). The molecule has 0 aliphatic heterocycles. The minimum atomic E-state index is -0.509. The molecule has 0 aliphatic rings. The third-order valence-electron chi connectivity index (χ3n) is 1.60. The summed E-state index contributed by atoms with van der Waals surface area (Å²) < 4.78 is 5.06. The largest absolute Gasteiger partial charge is 0.444 e. The van der Waals surface area contributed by atoms with Crippen molar-refractivity contribution in [3.8, 4) is 0 Å². The lowest BCUT2D eigenvalue weighted by Gasteiger charge is -2.22. The molecule has 0 aliphatic carbocycles. The summed E-state index contributed by atoms with van der Waals surface area (Å²) in [6.07, 6.45) is 3.87. The quantitative estimate of drug-likeness (QED) is 0.703. The first-order valence-electron chi connectivity index (χ1n) is 5.10. The number of aliphatic hydroxyl groups excluding tert-OH is 1. The normalized spacial score (nSPS) is 13.9. The fourth-order valence-electron chi connectivity index (χ4n) is 0.954. The molecule has 0 heterocycles. The maximum atomic E-state index is 11.3. The predicted molar refractivity (Wildman–Crippen MR) is 59.7 cm³/mol. The van der Waals surface area contributed by atoms with E-state index in [1.54, 1.807) is 20.8 Å². The van der Waals surface area contributed by atoms with Gasteiger partial charge in [-0.15, -0.1) is 0 Å². The van der Waals surface area contributed by atoms with Crippen LogP contribution in [0.25, 0.3) is 0 Å². The van der Waals surface area contributed by atoms with Crippen molar-refractivity contribution in [2.24, 2.45) is 0 Å². The van der Waals surface area contributed by atoms with Gasteiger partial charge in [0.05, 0.1) is 12.6 Å². The summed E-state index contributed by atoms with van der Waals surface area (Å²) in [6.45, 7) is 7.19. The molecule has 1 atom stereocenters. The van der Waals surface area contributed by atoms with Crippen molar-refractivity contribution in [1.82, 2.24) is 5.32 Å². The Bertz CT molecular complexity index is 218. The van der Waals surface area contributed by atoms with Crippen molar-refractivity contribution in [2.45, 2.75) is 45.8 Å². The maximum Gasteiger partial charge on any atom is 0.407 e. The number of hydrogen-bond donors (Lipinski definition) is 2. The van der Waals surface area contributed by atoms with Crippen LogP contribution in [0.3, 0.4) is 0 Å². The molecule has 1 amide bonds. The molecule has 0 saturated heterocycles. The number of aliphatic hydroxyl groups is 1. The SMILES string of the molecule is C/C=C\C[C@H](CO)NC(=O)OC(C)(C)C. The highest BCUT2D eigenvalue weighted by Crippen LogP contribution is 2.07. The molecule has 4 heteroatoms. The molecule has 0 aromatic carbocycles. The van der Waals surface area contributed by atoms with Gasteiger partial charge < -0.3 is 15.2 Å². The molecule has 0 bridgehead atoms. The van der Waals surface area contributed by atoms with Crippen LogP contribution in [0.1, 0.15) is 34.1 Å². The molecule has 0 fully saturated rings. The summed E-state index contributed by atoms with van der Waals surface area (Å²) in [5.41, 5.74) is -0.509. The monoisotopic (exact) mass is 215 g/mol. The summed E-state index contributed by atoms with van der Waals surface area (Å²) in [6, 6.07) is -0.281. The number of rotatable bonds is 4. The number of hydrogen-bond acceptors (Lipinski definition) is 3. The van der Waals surface area contributed by atoms with Gasteiger partial charge in [0.25, 0.3) is 0 Å². The van der Waals surface area contributed by atoms with Gasteiger partial charge in [0.15, 0.2) is 0 Å². The van der Waals surface area contributed by atoms with Gasteiger partial charge in [0.2, 0.25) is 0 Å². The third kappa shape index (κ3) is 8.00. The first kappa shape index (κ1) is 14.0. The summed E-state index contributed by atoms with van der Waals surface area (Å²) in [7, 11) is 0. The molecule has 0 aromatic rings. The number of nitrogens with one attached hydrogen (secondary N) is 1. The lowest BCUT2D eigenvalue weighted by Crippen LogP contribution is -2.40. The van der Waals surface area contributed by atoms with E-state index in [1.165, 1.54) is 0 Å². The number of ether oxygens (including phenoxy) is 1. The van der Waals surface area contributed by atoms with Crippen LogP contribution in [0.2, 0.25) is 0 Å². The van der Waals surface area contributed by atoms with Crippen molar-refractivity contribution in [3.63, 3.8) is 0 Å². The van der Waals surface area contributed by atoms with Gasteiger partial charge in [-0.25, -0.2) is 4.79 Å². The predicted octanol–water partition coefficient (Wildman–Crippen LogP) is 1.84.